The zero-order valence-corrected chi connectivity index (χ0v) is 23.6. The normalized spacial score (nSPS) is 16.6. The first-order chi connectivity index (χ1) is 19.5. The minimum absolute atomic E-state index is 0.247. The SMILES string of the molecule is COc1ccc(Oc2ccc(N3C(=S)N[C@@H](c4ccccn4)[C@H]3c3ccc(-c4ccc(Cl)cc4Cl)o3)cc2)cc1. The zero-order chi connectivity index (χ0) is 27.6. The molecule has 1 N–H and O–H groups in total. The quantitative estimate of drug-likeness (QED) is 0.191. The van der Waals surface area contributed by atoms with Gasteiger partial charge in [0.1, 0.15) is 34.8 Å². The number of nitrogens with one attached hydrogen (secondary N) is 1. The molecule has 0 radical (unpaired) electrons. The third-order valence-electron chi connectivity index (χ3n) is 6.62. The topological polar surface area (TPSA) is 59.8 Å². The van der Waals surface area contributed by atoms with Crippen LogP contribution in [0.3, 0.4) is 0 Å². The summed E-state index contributed by atoms with van der Waals surface area (Å²) < 4.78 is 17.7. The summed E-state index contributed by atoms with van der Waals surface area (Å²) in [5.41, 5.74) is 2.48. The lowest BCUT2D eigenvalue weighted by atomic mass is 10.0. The predicted molar refractivity (Wildman–Crippen MR) is 162 cm³/mol. The lowest BCUT2D eigenvalue weighted by molar-refractivity contribution is 0.413. The van der Waals surface area contributed by atoms with Gasteiger partial charge in [0.05, 0.1) is 23.9 Å². The van der Waals surface area contributed by atoms with E-state index < -0.39 is 0 Å². The second-order valence-electron chi connectivity index (χ2n) is 9.09. The van der Waals surface area contributed by atoms with Crippen molar-refractivity contribution in [2.45, 2.75) is 12.1 Å². The number of furan rings is 1. The molecule has 1 saturated heterocycles. The summed E-state index contributed by atoms with van der Waals surface area (Å²) in [5.74, 6) is 3.53. The highest BCUT2D eigenvalue weighted by Crippen LogP contribution is 2.44. The van der Waals surface area contributed by atoms with Crippen molar-refractivity contribution in [3.8, 4) is 28.6 Å². The van der Waals surface area contributed by atoms with E-state index in [-0.39, 0.29) is 12.1 Å². The third kappa shape index (κ3) is 5.23. The standard InChI is InChI=1S/C31H23Cl2N3O3S/c1-37-21-10-12-23(13-11-21)38-22-8-6-20(7-9-22)36-30(29(35-31(36)40)26-4-2-3-17-34-26)28-16-15-27(39-28)24-14-5-19(32)18-25(24)33/h2-18,29-30H,1H3,(H,35,40)/t29-,30+/m0/s1. The van der Waals surface area contributed by atoms with Crippen LogP contribution in [-0.2, 0) is 0 Å². The predicted octanol–water partition coefficient (Wildman–Crippen LogP) is 8.63. The van der Waals surface area contributed by atoms with Crippen LogP contribution in [0.5, 0.6) is 17.2 Å². The number of hydrogen-bond donors (Lipinski definition) is 1. The zero-order valence-electron chi connectivity index (χ0n) is 21.3. The molecule has 0 bridgehead atoms. The maximum absolute atomic E-state index is 6.48. The van der Waals surface area contributed by atoms with Crippen molar-refractivity contribution in [2.24, 2.45) is 0 Å². The van der Waals surface area contributed by atoms with Gasteiger partial charge in [-0.1, -0.05) is 29.3 Å². The minimum atomic E-state index is -0.310. The Morgan fingerprint density at radius 3 is 2.27 bits per heavy atom. The Morgan fingerprint density at radius 2 is 1.60 bits per heavy atom. The van der Waals surface area contributed by atoms with Crippen molar-refractivity contribution < 1.29 is 13.9 Å². The maximum atomic E-state index is 6.48. The molecule has 2 atom stereocenters. The number of pyridine rings is 1. The number of aromatic nitrogens is 1. The molecule has 0 unspecified atom stereocenters. The van der Waals surface area contributed by atoms with Crippen LogP contribution in [0, 0.1) is 0 Å². The molecule has 1 aliphatic rings. The van der Waals surface area contributed by atoms with E-state index in [9.17, 15) is 0 Å². The van der Waals surface area contributed by atoms with Gasteiger partial charge >= 0.3 is 0 Å². The van der Waals surface area contributed by atoms with Gasteiger partial charge in [-0.05, 0) is 103 Å². The molecule has 200 valence electrons. The van der Waals surface area contributed by atoms with Crippen LogP contribution in [0.4, 0.5) is 5.69 Å². The smallest absolute Gasteiger partial charge is 0.174 e. The van der Waals surface area contributed by atoms with Gasteiger partial charge in [0, 0.05) is 22.5 Å². The number of thiocarbonyl (C=S) groups is 1. The summed E-state index contributed by atoms with van der Waals surface area (Å²) in [6, 6.07) is 29.7. The minimum Gasteiger partial charge on any atom is -0.497 e. The van der Waals surface area contributed by atoms with Crippen LogP contribution >= 0.6 is 35.4 Å². The number of hydrogen-bond acceptors (Lipinski definition) is 5. The van der Waals surface area contributed by atoms with Gasteiger partial charge in [0.25, 0.3) is 0 Å². The molecule has 2 aromatic heterocycles. The molecule has 40 heavy (non-hydrogen) atoms. The molecule has 6 nitrogen and oxygen atoms in total. The van der Waals surface area contributed by atoms with Gasteiger partial charge in [-0.15, -0.1) is 0 Å². The van der Waals surface area contributed by atoms with E-state index in [1.165, 1.54) is 0 Å². The van der Waals surface area contributed by atoms with Crippen molar-refractivity contribution in [2.75, 3.05) is 12.0 Å². The Hall–Kier alpha value is -4.04. The molecule has 1 aliphatic heterocycles. The van der Waals surface area contributed by atoms with E-state index >= 15 is 0 Å². The van der Waals surface area contributed by atoms with E-state index in [2.05, 4.69) is 10.3 Å². The lowest BCUT2D eigenvalue weighted by Crippen LogP contribution is -2.29. The van der Waals surface area contributed by atoms with Gasteiger partial charge in [-0.2, -0.15) is 0 Å². The van der Waals surface area contributed by atoms with E-state index in [1.54, 1.807) is 25.4 Å². The Labute approximate surface area is 247 Å². The number of rotatable bonds is 7. The summed E-state index contributed by atoms with van der Waals surface area (Å²) in [4.78, 5) is 6.65. The van der Waals surface area contributed by atoms with Gasteiger partial charge < -0.3 is 24.1 Å². The summed E-state index contributed by atoms with van der Waals surface area (Å²) in [5, 5.41) is 5.09. The van der Waals surface area contributed by atoms with E-state index in [4.69, 9.17) is 49.3 Å². The van der Waals surface area contributed by atoms with Crippen molar-refractivity contribution >= 4 is 46.2 Å². The highest BCUT2D eigenvalue weighted by molar-refractivity contribution is 7.80. The van der Waals surface area contributed by atoms with Crippen LogP contribution < -0.4 is 19.7 Å². The van der Waals surface area contributed by atoms with Crippen LogP contribution in [0.2, 0.25) is 10.0 Å². The summed E-state index contributed by atoms with van der Waals surface area (Å²) in [6.45, 7) is 0. The van der Waals surface area contributed by atoms with E-state index in [0.717, 1.165) is 22.7 Å². The van der Waals surface area contributed by atoms with E-state index in [1.807, 2.05) is 89.8 Å². The Kier molecular flexibility index (Phi) is 7.34. The first-order valence-electron chi connectivity index (χ1n) is 12.5. The van der Waals surface area contributed by atoms with Crippen LogP contribution in [0.1, 0.15) is 23.5 Å². The molecule has 3 aromatic carbocycles. The molecule has 0 amide bonds. The average Bonchev–Trinajstić information content (AvgIpc) is 3.59. The largest absolute Gasteiger partial charge is 0.497 e. The molecule has 1 fully saturated rings. The molecular weight excluding hydrogens is 565 g/mol. The Bertz CT molecular complexity index is 1640. The molecule has 6 rings (SSSR count). The lowest BCUT2D eigenvalue weighted by Gasteiger charge is -2.26. The molecule has 3 heterocycles. The molecular formula is C31H23Cl2N3O3S. The van der Waals surface area contributed by atoms with E-state index in [0.29, 0.717) is 38.2 Å². The second-order valence-corrected chi connectivity index (χ2v) is 10.3. The number of methoxy groups -OCH3 is 1. The summed E-state index contributed by atoms with van der Waals surface area (Å²) >= 11 is 18.4. The van der Waals surface area contributed by atoms with Gasteiger partial charge in [-0.3, -0.25) is 4.98 Å². The molecule has 9 heteroatoms. The first-order valence-corrected chi connectivity index (χ1v) is 13.6. The van der Waals surface area contributed by atoms with Gasteiger partial charge in [0.2, 0.25) is 0 Å². The number of nitrogens with zero attached hydrogens (tertiary/aromatic N) is 2. The third-order valence-corrected chi connectivity index (χ3v) is 7.49. The van der Waals surface area contributed by atoms with Crippen LogP contribution in [0.25, 0.3) is 11.3 Å². The fraction of sp³-hybridized carbons (Fsp3) is 0.0968. The van der Waals surface area contributed by atoms with Gasteiger partial charge in [-0.25, -0.2) is 0 Å². The Morgan fingerprint density at radius 1 is 0.875 bits per heavy atom. The maximum Gasteiger partial charge on any atom is 0.174 e. The second kappa shape index (κ2) is 11.2. The monoisotopic (exact) mass is 587 g/mol. The fourth-order valence-corrected chi connectivity index (χ4v) is 5.57. The molecule has 5 aromatic rings. The van der Waals surface area contributed by atoms with Crippen molar-refractivity contribution in [3.63, 3.8) is 0 Å². The van der Waals surface area contributed by atoms with Crippen molar-refractivity contribution in [3.05, 3.63) is 125 Å². The average molecular weight is 589 g/mol. The number of anilines is 1. The first kappa shape index (κ1) is 26.2. The highest BCUT2D eigenvalue weighted by atomic mass is 35.5. The molecule has 0 spiro atoms. The van der Waals surface area contributed by atoms with Crippen LogP contribution in [0.15, 0.2) is 108 Å². The summed E-state index contributed by atoms with van der Waals surface area (Å²) in [7, 11) is 1.63. The highest BCUT2D eigenvalue weighted by Gasteiger charge is 2.42. The molecule has 0 saturated carbocycles. The molecule has 0 aliphatic carbocycles. The fourth-order valence-electron chi connectivity index (χ4n) is 4.72. The van der Waals surface area contributed by atoms with Crippen molar-refractivity contribution in [1.82, 2.24) is 10.3 Å². The summed E-state index contributed by atoms with van der Waals surface area (Å²) in [6.07, 6.45) is 1.77. The Balaban J connectivity index is 1.33. The van der Waals surface area contributed by atoms with Gasteiger partial charge in [0.15, 0.2) is 5.11 Å². The van der Waals surface area contributed by atoms with Crippen molar-refractivity contribution in [1.29, 1.82) is 0 Å². The number of halogens is 2. The van der Waals surface area contributed by atoms with Crippen LogP contribution in [-0.4, -0.2) is 17.2 Å². The number of benzene rings is 3. The number of ether oxygens (including phenoxy) is 2.